The molecule has 1 aromatic heterocycles. The van der Waals surface area contributed by atoms with Crippen LogP contribution >= 0.6 is 0 Å². The molecule has 0 aliphatic carbocycles. The van der Waals surface area contributed by atoms with Gasteiger partial charge in [0.15, 0.2) is 6.29 Å². The molecule has 2 unspecified atom stereocenters. The zero-order valence-corrected chi connectivity index (χ0v) is 10.8. The third-order valence-corrected chi connectivity index (χ3v) is 2.47. The number of carbonyl (C=O) groups excluding carboxylic acids is 2. The van der Waals surface area contributed by atoms with Crippen molar-refractivity contribution in [2.24, 2.45) is 0 Å². The molecule has 0 aliphatic rings. The van der Waals surface area contributed by atoms with Crippen molar-refractivity contribution in [3.63, 3.8) is 0 Å². The molecule has 0 spiro atoms. The molecule has 1 heterocycles. The fraction of sp³-hybridized carbons (Fsp3) is 0.500. The highest BCUT2D eigenvalue weighted by Crippen LogP contribution is 2.27. The van der Waals surface area contributed by atoms with Gasteiger partial charge in [0, 0.05) is 18.4 Å². The smallest absolute Gasteiger partial charge is 0.341 e. The van der Waals surface area contributed by atoms with Crippen LogP contribution in [-0.2, 0) is 20.1 Å². The Kier molecular flexibility index (Phi) is 5.22. The Labute approximate surface area is 110 Å². The van der Waals surface area contributed by atoms with Crippen molar-refractivity contribution < 1.29 is 29.3 Å². The summed E-state index contributed by atoms with van der Waals surface area (Å²) < 4.78 is 9.70. The minimum Gasteiger partial charge on any atom is -0.464 e. The lowest BCUT2D eigenvalue weighted by Gasteiger charge is -2.30. The van der Waals surface area contributed by atoms with Crippen molar-refractivity contribution in [2.75, 3.05) is 13.2 Å². The summed E-state index contributed by atoms with van der Waals surface area (Å²) in [6, 6.07) is 1.28. The minimum absolute atomic E-state index is 0.00277. The number of H-pyrrole nitrogens is 1. The molecular formula is C12H17NO6. The van der Waals surface area contributed by atoms with E-state index in [1.54, 1.807) is 13.8 Å². The van der Waals surface area contributed by atoms with E-state index >= 15 is 0 Å². The molecular weight excluding hydrogens is 254 g/mol. The fourth-order valence-electron chi connectivity index (χ4n) is 1.59. The van der Waals surface area contributed by atoms with Crippen molar-refractivity contribution in [3.05, 3.63) is 23.5 Å². The van der Waals surface area contributed by atoms with E-state index in [4.69, 9.17) is 4.74 Å². The maximum absolute atomic E-state index is 11.5. The monoisotopic (exact) mass is 271 g/mol. The molecule has 0 aromatic carbocycles. The van der Waals surface area contributed by atoms with Gasteiger partial charge in [-0.2, -0.15) is 0 Å². The minimum atomic E-state index is -2.29. The first-order valence-corrected chi connectivity index (χ1v) is 5.84. The standard InChI is InChI=1S/C12H17NO6/c1-3-18-11(16)10(15)12(17,19-4-2)9-5-8(7-14)6-13-9/h5-7,10,13,15,17H,3-4H2,1-2H3. The lowest BCUT2D eigenvalue weighted by Crippen LogP contribution is -2.47. The lowest BCUT2D eigenvalue weighted by atomic mass is 10.1. The van der Waals surface area contributed by atoms with Gasteiger partial charge in [0.25, 0.3) is 0 Å². The Balaban J connectivity index is 3.07. The molecule has 0 aliphatic heterocycles. The van der Waals surface area contributed by atoms with Gasteiger partial charge in [0.05, 0.1) is 12.3 Å². The number of rotatable bonds is 7. The van der Waals surface area contributed by atoms with E-state index in [0.717, 1.165) is 0 Å². The Morgan fingerprint density at radius 2 is 2.21 bits per heavy atom. The van der Waals surface area contributed by atoms with Gasteiger partial charge in [0.2, 0.25) is 11.9 Å². The van der Waals surface area contributed by atoms with Crippen LogP contribution in [0.3, 0.4) is 0 Å². The average molecular weight is 271 g/mol. The van der Waals surface area contributed by atoms with Crippen LogP contribution in [0, 0.1) is 0 Å². The van der Waals surface area contributed by atoms with Gasteiger partial charge < -0.3 is 24.7 Å². The average Bonchev–Trinajstić information content (AvgIpc) is 2.87. The lowest BCUT2D eigenvalue weighted by molar-refractivity contribution is -0.267. The first-order chi connectivity index (χ1) is 8.99. The van der Waals surface area contributed by atoms with E-state index in [-0.39, 0.29) is 24.5 Å². The van der Waals surface area contributed by atoms with Crippen LogP contribution in [0.2, 0.25) is 0 Å². The van der Waals surface area contributed by atoms with Gasteiger partial charge in [-0.25, -0.2) is 4.79 Å². The van der Waals surface area contributed by atoms with Crippen LogP contribution in [0.5, 0.6) is 0 Å². The molecule has 1 aromatic rings. The largest absolute Gasteiger partial charge is 0.464 e. The van der Waals surface area contributed by atoms with Crippen LogP contribution < -0.4 is 0 Å². The molecule has 106 valence electrons. The quantitative estimate of drug-likeness (QED) is 0.364. The number of aromatic amines is 1. The number of carbonyl (C=O) groups is 2. The Hall–Kier alpha value is -1.70. The number of hydrogen-bond donors (Lipinski definition) is 3. The van der Waals surface area contributed by atoms with E-state index in [0.29, 0.717) is 6.29 Å². The van der Waals surface area contributed by atoms with Gasteiger partial charge >= 0.3 is 5.97 Å². The van der Waals surface area contributed by atoms with Gasteiger partial charge in [-0.15, -0.1) is 0 Å². The normalized spacial score (nSPS) is 15.6. The highest BCUT2D eigenvalue weighted by molar-refractivity contribution is 5.77. The third-order valence-electron chi connectivity index (χ3n) is 2.47. The SMILES string of the molecule is CCOC(=O)C(O)C(O)(OCC)c1cc(C=O)c[nH]1. The van der Waals surface area contributed by atoms with Crippen molar-refractivity contribution in [2.45, 2.75) is 25.7 Å². The highest BCUT2D eigenvalue weighted by Gasteiger charge is 2.45. The molecule has 1 rings (SSSR count). The summed E-state index contributed by atoms with van der Waals surface area (Å²) in [5, 5.41) is 20.2. The van der Waals surface area contributed by atoms with Crippen LogP contribution in [0.15, 0.2) is 12.3 Å². The molecule has 0 saturated carbocycles. The number of hydrogen-bond acceptors (Lipinski definition) is 6. The van der Waals surface area contributed by atoms with Crippen LogP contribution in [-0.4, -0.2) is 46.8 Å². The highest BCUT2D eigenvalue weighted by atomic mass is 16.6. The molecule has 7 nitrogen and oxygen atoms in total. The molecule has 19 heavy (non-hydrogen) atoms. The topological polar surface area (TPSA) is 109 Å². The number of ether oxygens (including phenoxy) is 2. The maximum atomic E-state index is 11.5. The Morgan fingerprint density at radius 1 is 1.53 bits per heavy atom. The van der Waals surface area contributed by atoms with Gasteiger partial charge in [-0.1, -0.05) is 0 Å². The second-order valence-electron chi connectivity index (χ2n) is 3.75. The van der Waals surface area contributed by atoms with E-state index in [2.05, 4.69) is 9.72 Å². The molecule has 2 atom stereocenters. The Bertz CT molecular complexity index is 443. The number of aliphatic hydroxyl groups is 2. The summed E-state index contributed by atoms with van der Waals surface area (Å²) in [7, 11) is 0. The Morgan fingerprint density at radius 3 is 2.68 bits per heavy atom. The van der Waals surface area contributed by atoms with Crippen molar-refractivity contribution in [3.8, 4) is 0 Å². The van der Waals surface area contributed by atoms with E-state index < -0.39 is 17.9 Å². The number of aromatic nitrogens is 1. The van der Waals surface area contributed by atoms with Gasteiger partial charge in [-0.3, -0.25) is 4.79 Å². The molecule has 0 fully saturated rings. The number of aldehydes is 1. The maximum Gasteiger partial charge on any atom is 0.341 e. The predicted molar refractivity (Wildman–Crippen MR) is 64.3 cm³/mol. The summed E-state index contributed by atoms with van der Waals surface area (Å²) in [4.78, 5) is 24.7. The summed E-state index contributed by atoms with van der Waals surface area (Å²) in [6.07, 6.45) is -0.0432. The van der Waals surface area contributed by atoms with Crippen molar-refractivity contribution in [1.82, 2.24) is 4.98 Å². The van der Waals surface area contributed by atoms with E-state index in [1.165, 1.54) is 12.3 Å². The molecule has 0 amide bonds. The van der Waals surface area contributed by atoms with E-state index in [9.17, 15) is 19.8 Å². The van der Waals surface area contributed by atoms with Crippen molar-refractivity contribution >= 4 is 12.3 Å². The number of nitrogens with one attached hydrogen (secondary N) is 1. The predicted octanol–water partition coefficient (Wildman–Crippen LogP) is -0.0672. The second kappa shape index (κ2) is 6.46. The zero-order valence-electron chi connectivity index (χ0n) is 10.8. The summed E-state index contributed by atoms with van der Waals surface area (Å²) in [5.41, 5.74) is 0.251. The summed E-state index contributed by atoms with van der Waals surface area (Å²) in [5.74, 6) is -3.30. The van der Waals surface area contributed by atoms with Gasteiger partial charge in [-0.05, 0) is 19.9 Å². The molecule has 3 N–H and O–H groups in total. The van der Waals surface area contributed by atoms with Gasteiger partial charge in [0.1, 0.15) is 0 Å². The van der Waals surface area contributed by atoms with E-state index in [1.807, 2.05) is 0 Å². The van der Waals surface area contributed by atoms with Crippen molar-refractivity contribution in [1.29, 1.82) is 0 Å². The first kappa shape index (κ1) is 15.4. The number of aliphatic hydroxyl groups excluding tert-OH is 1. The fourth-order valence-corrected chi connectivity index (χ4v) is 1.59. The first-order valence-electron chi connectivity index (χ1n) is 5.84. The molecule has 0 saturated heterocycles. The second-order valence-corrected chi connectivity index (χ2v) is 3.75. The molecule has 0 radical (unpaired) electrons. The zero-order chi connectivity index (χ0) is 14.5. The molecule has 7 heteroatoms. The summed E-state index contributed by atoms with van der Waals surface area (Å²) >= 11 is 0. The summed E-state index contributed by atoms with van der Waals surface area (Å²) in [6.45, 7) is 3.26. The number of esters is 1. The third kappa shape index (κ3) is 3.19. The van der Waals surface area contributed by atoms with Crippen LogP contribution in [0.25, 0.3) is 0 Å². The molecule has 0 bridgehead atoms. The van der Waals surface area contributed by atoms with Crippen LogP contribution in [0.1, 0.15) is 29.9 Å². The van der Waals surface area contributed by atoms with Crippen LogP contribution in [0.4, 0.5) is 0 Å².